The van der Waals surface area contributed by atoms with Crippen LogP contribution in [0.2, 0.25) is 0 Å². The molecule has 5 heteroatoms. The molecule has 0 aromatic rings. The molecule has 2 N–H and O–H groups in total. The Bertz CT molecular complexity index is 142. The summed E-state index contributed by atoms with van der Waals surface area (Å²) in [7, 11) is 0. The molecule has 0 aliphatic carbocycles. The van der Waals surface area contributed by atoms with E-state index in [4.69, 9.17) is 14.2 Å². The van der Waals surface area contributed by atoms with Crippen LogP contribution >= 0.6 is 0 Å². The molecule has 0 amide bonds. The summed E-state index contributed by atoms with van der Waals surface area (Å²) in [6.45, 7) is 5.93. The standard InChI is InChI=1S/C11H24O5/c1-3-5-6-14-7-8-15-9-10(12)11(13)16-4-2/h10-13H,3-9H2,1-2H3. The summed E-state index contributed by atoms with van der Waals surface area (Å²) in [4.78, 5) is 0. The predicted octanol–water partition coefficient (Wildman–Crippen LogP) is 0.535. The van der Waals surface area contributed by atoms with Gasteiger partial charge in [-0.3, -0.25) is 0 Å². The minimum Gasteiger partial charge on any atom is -0.385 e. The van der Waals surface area contributed by atoms with Gasteiger partial charge in [0.05, 0.1) is 19.8 Å². The van der Waals surface area contributed by atoms with E-state index in [2.05, 4.69) is 6.92 Å². The maximum atomic E-state index is 9.35. The van der Waals surface area contributed by atoms with Gasteiger partial charge in [-0.1, -0.05) is 13.3 Å². The lowest BCUT2D eigenvalue weighted by atomic mass is 10.4. The predicted molar refractivity (Wildman–Crippen MR) is 60.2 cm³/mol. The van der Waals surface area contributed by atoms with E-state index in [0.717, 1.165) is 19.4 Å². The molecule has 0 spiro atoms. The molecule has 2 atom stereocenters. The van der Waals surface area contributed by atoms with Gasteiger partial charge in [0.2, 0.25) is 0 Å². The SMILES string of the molecule is CCCCOCCOCC(O)C(O)OCC. The monoisotopic (exact) mass is 236 g/mol. The highest BCUT2D eigenvalue weighted by Crippen LogP contribution is 1.96. The third-order valence-electron chi connectivity index (χ3n) is 1.97. The maximum Gasteiger partial charge on any atom is 0.183 e. The van der Waals surface area contributed by atoms with Crippen LogP contribution in [0.3, 0.4) is 0 Å². The van der Waals surface area contributed by atoms with E-state index >= 15 is 0 Å². The van der Waals surface area contributed by atoms with E-state index in [0.29, 0.717) is 19.8 Å². The van der Waals surface area contributed by atoms with Gasteiger partial charge in [-0.05, 0) is 13.3 Å². The number of ether oxygens (including phenoxy) is 3. The van der Waals surface area contributed by atoms with Gasteiger partial charge in [0.15, 0.2) is 6.29 Å². The van der Waals surface area contributed by atoms with Crippen molar-refractivity contribution in [1.29, 1.82) is 0 Å². The molecular formula is C11H24O5. The third kappa shape index (κ3) is 9.06. The zero-order chi connectivity index (χ0) is 12.2. The lowest BCUT2D eigenvalue weighted by molar-refractivity contribution is -0.174. The Morgan fingerprint density at radius 2 is 1.69 bits per heavy atom. The smallest absolute Gasteiger partial charge is 0.183 e. The first kappa shape index (κ1) is 15.8. The molecule has 0 aliphatic heterocycles. The quantitative estimate of drug-likeness (QED) is 0.405. The van der Waals surface area contributed by atoms with Gasteiger partial charge in [-0.15, -0.1) is 0 Å². The first-order valence-corrected chi connectivity index (χ1v) is 5.85. The highest BCUT2D eigenvalue weighted by molar-refractivity contribution is 4.56. The molecule has 2 unspecified atom stereocenters. The van der Waals surface area contributed by atoms with E-state index in [9.17, 15) is 10.2 Å². The second-order valence-corrected chi connectivity index (χ2v) is 3.45. The molecule has 0 fully saturated rings. The van der Waals surface area contributed by atoms with Gasteiger partial charge in [-0.2, -0.15) is 0 Å². The average Bonchev–Trinajstić information content (AvgIpc) is 2.28. The summed E-state index contributed by atoms with van der Waals surface area (Å²) in [5, 5.41) is 18.6. The normalized spacial score (nSPS) is 15.0. The van der Waals surface area contributed by atoms with Crippen molar-refractivity contribution in [3.8, 4) is 0 Å². The molecule has 0 aromatic carbocycles. The summed E-state index contributed by atoms with van der Waals surface area (Å²) in [5.41, 5.74) is 0. The molecule has 16 heavy (non-hydrogen) atoms. The summed E-state index contributed by atoms with van der Waals surface area (Å²) in [6.07, 6.45) is -0.0205. The summed E-state index contributed by atoms with van der Waals surface area (Å²) >= 11 is 0. The van der Waals surface area contributed by atoms with Gasteiger partial charge in [-0.25, -0.2) is 0 Å². The lowest BCUT2D eigenvalue weighted by Gasteiger charge is -2.17. The third-order valence-corrected chi connectivity index (χ3v) is 1.97. The molecule has 0 aromatic heterocycles. The first-order chi connectivity index (χ1) is 7.72. The number of aliphatic hydroxyl groups excluding tert-OH is 2. The molecule has 0 radical (unpaired) electrons. The first-order valence-electron chi connectivity index (χ1n) is 5.85. The molecule has 0 saturated heterocycles. The summed E-state index contributed by atoms with van der Waals surface area (Å²) in [5.74, 6) is 0. The van der Waals surface area contributed by atoms with Crippen molar-refractivity contribution in [3.63, 3.8) is 0 Å². The van der Waals surface area contributed by atoms with E-state index < -0.39 is 12.4 Å². The fraction of sp³-hybridized carbons (Fsp3) is 1.00. The fourth-order valence-electron chi connectivity index (χ4n) is 1.03. The highest BCUT2D eigenvalue weighted by Gasteiger charge is 2.15. The Balaban J connectivity index is 3.23. The Morgan fingerprint density at radius 3 is 2.31 bits per heavy atom. The van der Waals surface area contributed by atoms with Crippen LogP contribution in [0.5, 0.6) is 0 Å². The molecule has 98 valence electrons. The largest absolute Gasteiger partial charge is 0.385 e. The van der Waals surface area contributed by atoms with Crippen molar-refractivity contribution in [2.24, 2.45) is 0 Å². The molecule has 0 aliphatic rings. The van der Waals surface area contributed by atoms with Crippen molar-refractivity contribution in [3.05, 3.63) is 0 Å². The molecule has 5 nitrogen and oxygen atoms in total. The minimum atomic E-state index is -1.17. The molecule has 0 saturated carbocycles. The van der Waals surface area contributed by atoms with Crippen molar-refractivity contribution < 1.29 is 24.4 Å². The second kappa shape index (κ2) is 11.3. The Kier molecular flexibility index (Phi) is 11.1. The molecule has 0 bridgehead atoms. The number of rotatable bonds is 11. The van der Waals surface area contributed by atoms with E-state index in [1.807, 2.05) is 0 Å². The van der Waals surface area contributed by atoms with Crippen LogP contribution in [-0.4, -0.2) is 55.6 Å². The van der Waals surface area contributed by atoms with Crippen LogP contribution in [-0.2, 0) is 14.2 Å². The van der Waals surface area contributed by atoms with Crippen molar-refractivity contribution >= 4 is 0 Å². The van der Waals surface area contributed by atoms with Crippen LogP contribution in [0.1, 0.15) is 26.7 Å². The zero-order valence-corrected chi connectivity index (χ0v) is 10.2. The summed E-state index contributed by atoms with van der Waals surface area (Å²) < 4.78 is 15.2. The maximum absolute atomic E-state index is 9.35. The van der Waals surface area contributed by atoms with Crippen LogP contribution < -0.4 is 0 Å². The number of hydrogen-bond donors (Lipinski definition) is 2. The Morgan fingerprint density at radius 1 is 1.00 bits per heavy atom. The van der Waals surface area contributed by atoms with Gasteiger partial charge in [0.1, 0.15) is 6.10 Å². The van der Waals surface area contributed by atoms with Crippen molar-refractivity contribution in [2.45, 2.75) is 39.1 Å². The fourth-order valence-corrected chi connectivity index (χ4v) is 1.03. The van der Waals surface area contributed by atoms with Crippen LogP contribution in [0.25, 0.3) is 0 Å². The van der Waals surface area contributed by atoms with Crippen LogP contribution in [0.4, 0.5) is 0 Å². The van der Waals surface area contributed by atoms with Crippen molar-refractivity contribution in [2.75, 3.05) is 33.0 Å². The topological polar surface area (TPSA) is 68.2 Å². The van der Waals surface area contributed by atoms with Gasteiger partial charge in [0.25, 0.3) is 0 Å². The lowest BCUT2D eigenvalue weighted by Crippen LogP contribution is -2.33. The average molecular weight is 236 g/mol. The number of unbranched alkanes of at least 4 members (excludes halogenated alkanes) is 1. The van der Waals surface area contributed by atoms with Crippen LogP contribution in [0, 0.1) is 0 Å². The zero-order valence-electron chi connectivity index (χ0n) is 10.2. The number of aliphatic hydroxyl groups is 2. The van der Waals surface area contributed by atoms with E-state index in [-0.39, 0.29) is 6.61 Å². The Labute approximate surface area is 97.3 Å². The van der Waals surface area contributed by atoms with Crippen molar-refractivity contribution in [1.82, 2.24) is 0 Å². The van der Waals surface area contributed by atoms with Gasteiger partial charge in [0, 0.05) is 13.2 Å². The summed E-state index contributed by atoms with van der Waals surface area (Å²) in [6, 6.07) is 0. The molecule has 0 rings (SSSR count). The highest BCUT2D eigenvalue weighted by atomic mass is 16.6. The van der Waals surface area contributed by atoms with Crippen LogP contribution in [0.15, 0.2) is 0 Å². The minimum absolute atomic E-state index is 0.0539. The molecule has 0 heterocycles. The Hall–Kier alpha value is -0.200. The number of hydrogen-bond acceptors (Lipinski definition) is 5. The van der Waals surface area contributed by atoms with E-state index in [1.165, 1.54) is 0 Å². The van der Waals surface area contributed by atoms with Gasteiger partial charge < -0.3 is 24.4 Å². The second-order valence-electron chi connectivity index (χ2n) is 3.45. The molecular weight excluding hydrogens is 212 g/mol. The van der Waals surface area contributed by atoms with Gasteiger partial charge >= 0.3 is 0 Å². The van der Waals surface area contributed by atoms with E-state index in [1.54, 1.807) is 6.92 Å².